The first-order valence-corrected chi connectivity index (χ1v) is 6.14. The Labute approximate surface area is 124 Å². The molecular weight excluding hydrogens is 300 g/mol. The summed E-state index contributed by atoms with van der Waals surface area (Å²) >= 11 is 5.67. The number of ketones is 1. The molecule has 8 heteroatoms. The van der Waals surface area contributed by atoms with Gasteiger partial charge in [-0.05, 0) is 19.1 Å². The molecule has 1 atom stereocenters. The number of carbonyl (C=O) groups excluding carboxylic acids is 1. The number of nitriles is 1. The number of benzene rings is 1. The van der Waals surface area contributed by atoms with Crippen LogP contribution in [0, 0.1) is 21.4 Å². The number of aliphatic hydroxyl groups is 1. The molecular formula is C13H9ClN2O5. The van der Waals surface area contributed by atoms with Crippen LogP contribution in [0.1, 0.15) is 12.5 Å². The highest BCUT2D eigenvalue weighted by molar-refractivity contribution is 6.30. The number of hydrogen-bond acceptors (Lipinski definition) is 6. The average Bonchev–Trinajstić information content (AvgIpc) is 3.18. The Morgan fingerprint density at radius 1 is 1.62 bits per heavy atom. The number of rotatable bonds is 4. The van der Waals surface area contributed by atoms with Crippen LogP contribution in [0.4, 0.5) is 5.69 Å². The van der Waals surface area contributed by atoms with Gasteiger partial charge in [0.2, 0.25) is 5.78 Å². The molecule has 1 aromatic carbocycles. The lowest BCUT2D eigenvalue weighted by Crippen LogP contribution is -2.22. The van der Waals surface area contributed by atoms with E-state index in [1.807, 2.05) is 0 Å². The fraction of sp³-hybridized carbons (Fsp3) is 0.231. The van der Waals surface area contributed by atoms with Crippen molar-refractivity contribution in [2.24, 2.45) is 0 Å². The Kier molecular flexibility index (Phi) is 3.68. The van der Waals surface area contributed by atoms with Crippen molar-refractivity contribution in [3.8, 4) is 6.07 Å². The molecule has 0 amide bonds. The van der Waals surface area contributed by atoms with Crippen LogP contribution in [-0.2, 0) is 9.53 Å². The first-order chi connectivity index (χ1) is 9.80. The third-order valence-electron chi connectivity index (χ3n) is 3.04. The van der Waals surface area contributed by atoms with Gasteiger partial charge in [-0.15, -0.1) is 0 Å². The molecule has 1 unspecified atom stereocenters. The average molecular weight is 309 g/mol. The van der Waals surface area contributed by atoms with E-state index in [0.29, 0.717) is 0 Å². The van der Waals surface area contributed by atoms with Crippen molar-refractivity contribution in [3.63, 3.8) is 0 Å². The summed E-state index contributed by atoms with van der Waals surface area (Å²) in [5, 5.41) is 30.2. The molecule has 0 aromatic heterocycles. The van der Waals surface area contributed by atoms with Gasteiger partial charge in [0.15, 0.2) is 11.4 Å². The lowest BCUT2D eigenvalue weighted by atomic mass is 9.97. The third-order valence-corrected chi connectivity index (χ3v) is 3.28. The Bertz CT molecular complexity index is 716. The standard InChI is InChI=1S/C13H9ClN2O5/c1-13(6-21-13)12(18)9(5-15)11(17)8-3-2-7(14)4-10(8)16(19)20/h2-4,17H,6H2,1H3/b11-9-. The van der Waals surface area contributed by atoms with Gasteiger partial charge in [0.1, 0.15) is 11.6 Å². The van der Waals surface area contributed by atoms with Crippen LogP contribution in [0.25, 0.3) is 5.76 Å². The van der Waals surface area contributed by atoms with E-state index in [4.69, 9.17) is 21.6 Å². The zero-order valence-electron chi connectivity index (χ0n) is 10.8. The first-order valence-electron chi connectivity index (χ1n) is 5.76. The summed E-state index contributed by atoms with van der Waals surface area (Å²) in [4.78, 5) is 22.3. The lowest BCUT2D eigenvalue weighted by molar-refractivity contribution is -0.385. The first kappa shape index (κ1) is 15.0. The Morgan fingerprint density at radius 3 is 2.71 bits per heavy atom. The number of nitro benzene ring substituents is 1. The molecule has 1 aliphatic heterocycles. The molecule has 0 aliphatic carbocycles. The molecule has 0 radical (unpaired) electrons. The molecule has 1 saturated heterocycles. The van der Waals surface area contributed by atoms with Crippen LogP contribution in [0.3, 0.4) is 0 Å². The van der Waals surface area contributed by atoms with E-state index in [2.05, 4.69) is 0 Å². The van der Waals surface area contributed by atoms with E-state index in [0.717, 1.165) is 6.07 Å². The van der Waals surface area contributed by atoms with E-state index in [-0.39, 0.29) is 17.2 Å². The number of hydrogen-bond donors (Lipinski definition) is 1. The molecule has 0 bridgehead atoms. The van der Waals surface area contributed by atoms with Gasteiger partial charge < -0.3 is 9.84 Å². The lowest BCUT2D eigenvalue weighted by Gasteiger charge is -2.07. The van der Waals surface area contributed by atoms with Gasteiger partial charge in [0, 0.05) is 11.1 Å². The SMILES string of the molecule is CC1(C(=O)/C(C#N)=C(\O)c2ccc(Cl)cc2[N+](=O)[O-])CO1. The summed E-state index contributed by atoms with van der Waals surface area (Å²) < 4.78 is 4.92. The Balaban J connectivity index is 2.59. The number of nitro groups is 1. The zero-order chi connectivity index (χ0) is 15.8. The van der Waals surface area contributed by atoms with Crippen molar-refractivity contribution in [2.75, 3.05) is 6.61 Å². The minimum absolute atomic E-state index is 0.0978. The number of nitrogens with zero attached hydrogens (tertiary/aromatic N) is 2. The predicted octanol–water partition coefficient (Wildman–Crippen LogP) is 2.40. The van der Waals surface area contributed by atoms with Gasteiger partial charge in [-0.25, -0.2) is 0 Å². The highest BCUT2D eigenvalue weighted by Crippen LogP contribution is 2.34. The predicted molar refractivity (Wildman–Crippen MR) is 72.6 cm³/mol. The second-order valence-electron chi connectivity index (χ2n) is 4.60. The molecule has 2 rings (SSSR count). The molecule has 1 aliphatic rings. The fourth-order valence-corrected chi connectivity index (χ4v) is 1.87. The maximum absolute atomic E-state index is 12.1. The van der Waals surface area contributed by atoms with Gasteiger partial charge in [0.05, 0.1) is 17.1 Å². The number of epoxide rings is 1. The molecule has 21 heavy (non-hydrogen) atoms. The minimum Gasteiger partial charge on any atom is -0.506 e. The second kappa shape index (κ2) is 5.16. The van der Waals surface area contributed by atoms with Crippen molar-refractivity contribution in [1.82, 2.24) is 0 Å². The fourth-order valence-electron chi connectivity index (χ4n) is 1.71. The Morgan fingerprint density at radius 2 is 2.24 bits per heavy atom. The monoisotopic (exact) mass is 308 g/mol. The van der Waals surface area contributed by atoms with Crippen LogP contribution in [0.2, 0.25) is 5.02 Å². The molecule has 1 heterocycles. The van der Waals surface area contributed by atoms with Gasteiger partial charge in [-0.2, -0.15) is 5.26 Å². The molecule has 1 fully saturated rings. The largest absolute Gasteiger partial charge is 0.506 e. The van der Waals surface area contributed by atoms with Crippen LogP contribution in [0.5, 0.6) is 0 Å². The van der Waals surface area contributed by atoms with Gasteiger partial charge >= 0.3 is 0 Å². The molecule has 0 spiro atoms. The van der Waals surface area contributed by atoms with Crippen LogP contribution < -0.4 is 0 Å². The quantitative estimate of drug-likeness (QED) is 0.228. The van der Waals surface area contributed by atoms with Crippen LogP contribution >= 0.6 is 11.6 Å². The molecule has 7 nitrogen and oxygen atoms in total. The summed E-state index contributed by atoms with van der Waals surface area (Å²) in [5.74, 6) is -1.48. The number of halogens is 1. The summed E-state index contributed by atoms with van der Waals surface area (Å²) in [6.07, 6.45) is 0. The molecule has 108 valence electrons. The highest BCUT2D eigenvalue weighted by Gasteiger charge is 2.49. The summed E-state index contributed by atoms with van der Waals surface area (Å²) in [6.45, 7) is 1.60. The normalized spacial score (nSPS) is 21.2. The van der Waals surface area contributed by atoms with Crippen molar-refractivity contribution in [2.45, 2.75) is 12.5 Å². The molecule has 0 saturated carbocycles. The highest BCUT2D eigenvalue weighted by atomic mass is 35.5. The number of carbonyl (C=O) groups is 1. The van der Waals surface area contributed by atoms with E-state index >= 15 is 0 Å². The van der Waals surface area contributed by atoms with Crippen molar-refractivity contribution < 1.29 is 19.6 Å². The number of aliphatic hydroxyl groups excluding tert-OH is 1. The maximum Gasteiger partial charge on any atom is 0.281 e. The maximum atomic E-state index is 12.1. The van der Waals surface area contributed by atoms with E-state index in [1.165, 1.54) is 19.1 Å². The molecule has 1 aromatic rings. The molecule has 1 N–H and O–H groups in total. The van der Waals surface area contributed by atoms with Crippen LogP contribution in [0.15, 0.2) is 23.8 Å². The zero-order valence-corrected chi connectivity index (χ0v) is 11.5. The van der Waals surface area contributed by atoms with E-state index in [1.54, 1.807) is 6.07 Å². The summed E-state index contributed by atoms with van der Waals surface area (Å²) in [5.41, 5.74) is -2.48. The van der Waals surface area contributed by atoms with Gasteiger partial charge in [0.25, 0.3) is 5.69 Å². The second-order valence-corrected chi connectivity index (χ2v) is 5.04. The van der Waals surface area contributed by atoms with Gasteiger partial charge in [-0.3, -0.25) is 14.9 Å². The third kappa shape index (κ3) is 2.72. The number of Topliss-reactive ketones (excluding diaryl/α,β-unsaturated/α-hetero) is 1. The van der Waals surface area contributed by atoms with Crippen LogP contribution in [-0.4, -0.2) is 28.0 Å². The summed E-state index contributed by atoms with van der Waals surface area (Å²) in [7, 11) is 0. The number of ether oxygens (including phenoxy) is 1. The van der Waals surface area contributed by atoms with E-state index < -0.39 is 33.3 Å². The van der Waals surface area contributed by atoms with Crippen molar-refractivity contribution >= 4 is 28.8 Å². The van der Waals surface area contributed by atoms with E-state index in [9.17, 15) is 20.0 Å². The Hall–Kier alpha value is -2.43. The topological polar surface area (TPSA) is 117 Å². The van der Waals surface area contributed by atoms with Crippen molar-refractivity contribution in [3.05, 3.63) is 44.5 Å². The van der Waals surface area contributed by atoms with Crippen molar-refractivity contribution in [1.29, 1.82) is 5.26 Å². The minimum atomic E-state index is -1.15. The van der Waals surface area contributed by atoms with Gasteiger partial charge in [-0.1, -0.05) is 11.6 Å². The summed E-state index contributed by atoms with van der Waals surface area (Å²) in [6, 6.07) is 5.09. The smallest absolute Gasteiger partial charge is 0.281 e.